The molecule has 0 amide bonds. The molecule has 4 nitrogen and oxygen atoms in total. The quantitative estimate of drug-likeness (QED) is 0.632. The summed E-state index contributed by atoms with van der Waals surface area (Å²) in [7, 11) is 0. The zero-order valence-electron chi connectivity index (χ0n) is 15.7. The standard InChI is InChI=1S/C23H28N2O2/c26-22(16-25-14-19-7-1-2-8-20(19)15-25)17-27-23-11-5-6-18(12-23)13-24-21-9-3-4-10-21/h1-2,5-8,11-12,14-15,21-22,24,26H,3-4,9-10,13,16-17H2. The molecule has 1 unspecified atom stereocenters. The molecule has 0 bridgehead atoms. The molecule has 2 aromatic carbocycles. The summed E-state index contributed by atoms with van der Waals surface area (Å²) in [5, 5.41) is 16.4. The van der Waals surface area contributed by atoms with Gasteiger partial charge in [0.2, 0.25) is 0 Å². The van der Waals surface area contributed by atoms with Crippen molar-refractivity contribution in [3.8, 4) is 5.75 Å². The lowest BCUT2D eigenvalue weighted by Crippen LogP contribution is -2.25. The first-order chi connectivity index (χ1) is 13.3. The summed E-state index contributed by atoms with van der Waals surface area (Å²) < 4.78 is 7.86. The highest BCUT2D eigenvalue weighted by Crippen LogP contribution is 2.19. The van der Waals surface area contributed by atoms with Gasteiger partial charge in [-0.1, -0.05) is 49.2 Å². The molecule has 1 heterocycles. The van der Waals surface area contributed by atoms with Gasteiger partial charge in [-0.15, -0.1) is 0 Å². The summed E-state index contributed by atoms with van der Waals surface area (Å²) >= 11 is 0. The Morgan fingerprint density at radius 3 is 2.52 bits per heavy atom. The van der Waals surface area contributed by atoms with Gasteiger partial charge in [-0.3, -0.25) is 0 Å². The van der Waals surface area contributed by atoms with E-state index < -0.39 is 6.10 Å². The SMILES string of the molecule is OC(COc1cccc(CNC2CCCC2)c1)Cn1cc2ccccc2c1. The van der Waals surface area contributed by atoms with Crippen molar-refractivity contribution in [3.05, 3.63) is 66.5 Å². The minimum Gasteiger partial charge on any atom is -0.491 e. The van der Waals surface area contributed by atoms with Crippen molar-refractivity contribution in [2.45, 2.75) is 50.9 Å². The van der Waals surface area contributed by atoms with E-state index in [9.17, 15) is 5.11 Å². The third-order valence-corrected chi connectivity index (χ3v) is 5.32. The van der Waals surface area contributed by atoms with Crippen LogP contribution in [-0.2, 0) is 13.1 Å². The Morgan fingerprint density at radius 2 is 1.78 bits per heavy atom. The normalized spacial score (nSPS) is 16.0. The summed E-state index contributed by atoms with van der Waals surface area (Å²) in [5.41, 5.74) is 1.23. The van der Waals surface area contributed by atoms with Crippen LogP contribution in [-0.4, -0.2) is 28.4 Å². The molecule has 27 heavy (non-hydrogen) atoms. The summed E-state index contributed by atoms with van der Waals surface area (Å²) in [4.78, 5) is 0. The number of rotatable bonds is 8. The largest absolute Gasteiger partial charge is 0.491 e. The fourth-order valence-corrected chi connectivity index (χ4v) is 3.87. The first-order valence-corrected chi connectivity index (χ1v) is 9.94. The summed E-state index contributed by atoms with van der Waals surface area (Å²) in [5.74, 6) is 0.817. The molecule has 4 heteroatoms. The van der Waals surface area contributed by atoms with E-state index in [4.69, 9.17) is 4.74 Å². The number of nitrogens with zero attached hydrogens (tertiary/aromatic N) is 1. The fraction of sp³-hybridized carbons (Fsp3) is 0.391. The van der Waals surface area contributed by atoms with Crippen LogP contribution < -0.4 is 10.1 Å². The average molecular weight is 364 g/mol. The number of ether oxygens (including phenoxy) is 1. The molecular weight excluding hydrogens is 336 g/mol. The zero-order chi connectivity index (χ0) is 18.5. The van der Waals surface area contributed by atoms with Gasteiger partial charge in [-0.05, 0) is 41.3 Å². The lowest BCUT2D eigenvalue weighted by Gasteiger charge is -2.15. The first kappa shape index (κ1) is 18.1. The number of hydrogen-bond donors (Lipinski definition) is 2. The van der Waals surface area contributed by atoms with E-state index in [1.165, 1.54) is 42.0 Å². The van der Waals surface area contributed by atoms with Crippen molar-refractivity contribution >= 4 is 10.8 Å². The molecule has 0 radical (unpaired) electrons. The molecular formula is C23H28N2O2. The topological polar surface area (TPSA) is 46.4 Å². The maximum Gasteiger partial charge on any atom is 0.119 e. The maximum atomic E-state index is 10.3. The van der Waals surface area contributed by atoms with E-state index >= 15 is 0 Å². The molecule has 0 spiro atoms. The molecule has 4 rings (SSSR count). The smallest absolute Gasteiger partial charge is 0.119 e. The van der Waals surface area contributed by atoms with Crippen LogP contribution in [0.4, 0.5) is 0 Å². The van der Waals surface area contributed by atoms with Gasteiger partial charge in [0.25, 0.3) is 0 Å². The summed E-state index contributed by atoms with van der Waals surface area (Å²) in [6.45, 7) is 1.69. The number of benzene rings is 2. The van der Waals surface area contributed by atoms with Crippen molar-refractivity contribution < 1.29 is 9.84 Å². The Hall–Kier alpha value is -2.30. The van der Waals surface area contributed by atoms with Crippen LogP contribution in [0.3, 0.4) is 0 Å². The van der Waals surface area contributed by atoms with E-state index in [2.05, 4.69) is 42.0 Å². The van der Waals surface area contributed by atoms with Crippen molar-refractivity contribution in [2.75, 3.05) is 6.61 Å². The summed E-state index contributed by atoms with van der Waals surface area (Å²) in [6, 6.07) is 17.0. The van der Waals surface area contributed by atoms with Gasteiger partial charge in [0, 0.05) is 25.0 Å². The second-order valence-electron chi connectivity index (χ2n) is 7.56. The molecule has 2 N–H and O–H groups in total. The van der Waals surface area contributed by atoms with E-state index in [1.807, 2.05) is 28.8 Å². The fourth-order valence-electron chi connectivity index (χ4n) is 3.87. The molecule has 1 aliphatic carbocycles. The molecule has 1 aliphatic rings. The average Bonchev–Trinajstić information content (AvgIpc) is 3.34. The number of nitrogens with one attached hydrogen (secondary N) is 1. The number of aromatic nitrogens is 1. The van der Waals surface area contributed by atoms with Gasteiger partial charge in [-0.2, -0.15) is 0 Å². The minimum atomic E-state index is -0.549. The van der Waals surface area contributed by atoms with Gasteiger partial charge < -0.3 is 19.7 Å². The molecule has 1 aromatic heterocycles. The van der Waals surface area contributed by atoms with E-state index in [1.54, 1.807) is 0 Å². The van der Waals surface area contributed by atoms with Crippen LogP contribution in [0.25, 0.3) is 10.8 Å². The van der Waals surface area contributed by atoms with Gasteiger partial charge in [-0.25, -0.2) is 0 Å². The molecule has 142 valence electrons. The van der Waals surface area contributed by atoms with Gasteiger partial charge in [0.05, 0.1) is 6.54 Å². The van der Waals surface area contributed by atoms with Crippen LogP contribution in [0.15, 0.2) is 60.9 Å². The predicted molar refractivity (Wildman–Crippen MR) is 109 cm³/mol. The Labute approximate surface area is 160 Å². The van der Waals surface area contributed by atoms with Crippen LogP contribution in [0.5, 0.6) is 5.75 Å². The molecule has 1 atom stereocenters. The Kier molecular flexibility index (Phi) is 5.75. The maximum absolute atomic E-state index is 10.3. The number of hydrogen-bond acceptors (Lipinski definition) is 3. The van der Waals surface area contributed by atoms with Crippen LogP contribution in [0, 0.1) is 0 Å². The molecule has 1 fully saturated rings. The third-order valence-electron chi connectivity index (χ3n) is 5.32. The highest BCUT2D eigenvalue weighted by Gasteiger charge is 2.14. The van der Waals surface area contributed by atoms with Gasteiger partial charge >= 0.3 is 0 Å². The zero-order valence-corrected chi connectivity index (χ0v) is 15.7. The summed E-state index contributed by atoms with van der Waals surface area (Å²) in [6.07, 6.45) is 8.84. The predicted octanol–water partition coefficient (Wildman–Crippen LogP) is 4.11. The van der Waals surface area contributed by atoms with Crippen molar-refractivity contribution in [1.29, 1.82) is 0 Å². The highest BCUT2D eigenvalue weighted by molar-refractivity contribution is 5.82. The van der Waals surface area contributed by atoms with E-state index in [0.717, 1.165) is 12.3 Å². The highest BCUT2D eigenvalue weighted by atomic mass is 16.5. The molecule has 3 aromatic rings. The Morgan fingerprint density at radius 1 is 1.04 bits per heavy atom. The second-order valence-corrected chi connectivity index (χ2v) is 7.56. The number of fused-ring (bicyclic) bond motifs is 1. The number of aliphatic hydroxyl groups is 1. The Bertz CT molecular complexity index is 834. The van der Waals surface area contributed by atoms with E-state index in [-0.39, 0.29) is 6.61 Å². The van der Waals surface area contributed by atoms with Crippen molar-refractivity contribution in [3.63, 3.8) is 0 Å². The van der Waals surface area contributed by atoms with Gasteiger partial charge in [0.1, 0.15) is 18.5 Å². The third kappa shape index (κ3) is 4.90. The van der Waals surface area contributed by atoms with E-state index in [0.29, 0.717) is 12.6 Å². The van der Waals surface area contributed by atoms with Crippen molar-refractivity contribution in [1.82, 2.24) is 9.88 Å². The minimum absolute atomic E-state index is 0.286. The van der Waals surface area contributed by atoms with Crippen LogP contribution in [0.1, 0.15) is 31.2 Å². The second kappa shape index (κ2) is 8.59. The molecule has 0 aliphatic heterocycles. The van der Waals surface area contributed by atoms with Crippen molar-refractivity contribution in [2.24, 2.45) is 0 Å². The Balaban J connectivity index is 1.27. The van der Waals surface area contributed by atoms with Crippen LogP contribution in [0.2, 0.25) is 0 Å². The monoisotopic (exact) mass is 364 g/mol. The lowest BCUT2D eigenvalue weighted by molar-refractivity contribution is 0.0926. The molecule has 0 saturated heterocycles. The van der Waals surface area contributed by atoms with Gasteiger partial charge in [0.15, 0.2) is 0 Å². The van der Waals surface area contributed by atoms with Crippen LogP contribution >= 0.6 is 0 Å². The lowest BCUT2D eigenvalue weighted by atomic mass is 10.2. The molecule has 1 saturated carbocycles. The first-order valence-electron chi connectivity index (χ1n) is 9.94. The number of aliphatic hydroxyl groups excluding tert-OH is 1.